The Morgan fingerprint density at radius 2 is 2.04 bits per heavy atom. The predicted octanol–water partition coefficient (Wildman–Crippen LogP) is 2.34. The number of benzene rings is 1. The number of fused-ring (bicyclic) bond motifs is 1. The van der Waals surface area contributed by atoms with Crippen LogP contribution in [0.3, 0.4) is 0 Å². The second-order valence-corrected chi connectivity index (χ2v) is 6.77. The molecule has 1 aromatic carbocycles. The van der Waals surface area contributed by atoms with E-state index in [0.29, 0.717) is 42.7 Å². The van der Waals surface area contributed by atoms with Crippen molar-refractivity contribution in [2.45, 2.75) is 12.8 Å². The fraction of sp³-hybridized carbons (Fsp3) is 0.350. The molecule has 0 aliphatic carbocycles. The van der Waals surface area contributed by atoms with Gasteiger partial charge in [-0.1, -0.05) is 18.2 Å². The van der Waals surface area contributed by atoms with Gasteiger partial charge in [0.15, 0.2) is 6.61 Å². The lowest BCUT2D eigenvalue weighted by Gasteiger charge is -2.32. The summed E-state index contributed by atoms with van der Waals surface area (Å²) in [5.74, 6) is 1.34. The third-order valence-corrected chi connectivity index (χ3v) is 4.84. The maximum Gasteiger partial charge on any atom is 0.262 e. The lowest BCUT2D eigenvalue weighted by Crippen LogP contribution is -2.39. The van der Waals surface area contributed by atoms with Gasteiger partial charge in [0.1, 0.15) is 11.4 Å². The summed E-state index contributed by atoms with van der Waals surface area (Å²) >= 11 is 0. The quantitative estimate of drug-likeness (QED) is 0.897. The maximum absolute atomic E-state index is 12.8. The molecule has 27 heavy (non-hydrogen) atoms. The molecule has 7 nitrogen and oxygen atoms in total. The fourth-order valence-corrected chi connectivity index (χ4v) is 3.31. The van der Waals surface area contributed by atoms with Crippen LogP contribution in [-0.4, -0.2) is 48.0 Å². The number of hydrogen-bond acceptors (Lipinski definition) is 5. The standard InChI is InChI=1S/C20H21N3O4/c24-18-13-27-19-17(22-18)10-15(11-21-19)20(25)23-8-6-14(7-9-23)12-26-16-4-2-1-3-5-16/h1-5,10-11,14H,6-9,12-13H2,(H,22,24). The number of piperidine rings is 1. The highest BCUT2D eigenvalue weighted by molar-refractivity contribution is 5.99. The highest BCUT2D eigenvalue weighted by atomic mass is 16.5. The van der Waals surface area contributed by atoms with E-state index in [-0.39, 0.29) is 18.4 Å². The molecule has 7 heteroatoms. The molecule has 2 aliphatic heterocycles. The Hall–Kier alpha value is -3.09. The summed E-state index contributed by atoms with van der Waals surface area (Å²) in [7, 11) is 0. The van der Waals surface area contributed by atoms with Gasteiger partial charge in [-0.3, -0.25) is 9.59 Å². The van der Waals surface area contributed by atoms with E-state index in [1.165, 1.54) is 6.20 Å². The number of amides is 2. The number of rotatable bonds is 4. The smallest absolute Gasteiger partial charge is 0.262 e. The van der Waals surface area contributed by atoms with Crippen LogP contribution in [0.2, 0.25) is 0 Å². The molecule has 1 N–H and O–H groups in total. The van der Waals surface area contributed by atoms with Gasteiger partial charge >= 0.3 is 0 Å². The summed E-state index contributed by atoms with van der Waals surface area (Å²) in [5, 5.41) is 2.68. The van der Waals surface area contributed by atoms with Gasteiger partial charge in [-0.05, 0) is 37.0 Å². The Kier molecular flexibility index (Phi) is 4.91. The van der Waals surface area contributed by atoms with Crippen molar-refractivity contribution in [2.75, 3.05) is 31.6 Å². The summed E-state index contributed by atoms with van der Waals surface area (Å²) < 4.78 is 11.1. The Bertz CT molecular complexity index is 832. The van der Waals surface area contributed by atoms with Gasteiger partial charge in [-0.2, -0.15) is 0 Å². The van der Waals surface area contributed by atoms with E-state index in [4.69, 9.17) is 9.47 Å². The lowest BCUT2D eigenvalue weighted by atomic mass is 9.97. The third-order valence-electron chi connectivity index (χ3n) is 4.84. The Morgan fingerprint density at radius 3 is 2.81 bits per heavy atom. The number of nitrogens with one attached hydrogen (secondary N) is 1. The van der Waals surface area contributed by atoms with Gasteiger partial charge in [-0.15, -0.1) is 0 Å². The lowest BCUT2D eigenvalue weighted by molar-refractivity contribution is -0.118. The first kappa shape index (κ1) is 17.3. The summed E-state index contributed by atoms with van der Waals surface area (Å²) in [5.41, 5.74) is 0.904. The average molecular weight is 367 g/mol. The zero-order valence-electron chi connectivity index (χ0n) is 14.9. The van der Waals surface area contributed by atoms with Crippen LogP contribution in [-0.2, 0) is 4.79 Å². The van der Waals surface area contributed by atoms with E-state index >= 15 is 0 Å². The number of hydrogen-bond donors (Lipinski definition) is 1. The van der Waals surface area contributed by atoms with Gasteiger partial charge in [0.05, 0.1) is 12.2 Å². The summed E-state index contributed by atoms with van der Waals surface area (Å²) in [4.78, 5) is 30.2. The molecule has 0 atom stereocenters. The minimum absolute atomic E-state index is 0.0497. The zero-order chi connectivity index (χ0) is 18.6. The predicted molar refractivity (Wildman–Crippen MR) is 98.9 cm³/mol. The molecule has 0 unspecified atom stereocenters. The molecule has 0 spiro atoms. The Labute approximate surface area is 157 Å². The average Bonchev–Trinajstić information content (AvgIpc) is 2.72. The van der Waals surface area contributed by atoms with Crippen LogP contribution in [0.4, 0.5) is 5.69 Å². The van der Waals surface area contributed by atoms with E-state index in [0.717, 1.165) is 18.6 Å². The molecule has 0 saturated carbocycles. The van der Waals surface area contributed by atoms with Crippen LogP contribution in [0.15, 0.2) is 42.6 Å². The molecule has 1 saturated heterocycles. The molecule has 0 radical (unpaired) electrons. The third kappa shape index (κ3) is 4.02. The van der Waals surface area contributed by atoms with E-state index in [9.17, 15) is 9.59 Å². The second kappa shape index (κ2) is 7.65. The van der Waals surface area contributed by atoms with Gasteiger partial charge in [0.2, 0.25) is 5.88 Å². The molecule has 2 amide bonds. The topological polar surface area (TPSA) is 80.8 Å². The number of carbonyl (C=O) groups excluding carboxylic acids is 2. The number of pyridine rings is 1. The van der Waals surface area contributed by atoms with Gasteiger partial charge < -0.3 is 19.7 Å². The van der Waals surface area contributed by atoms with Crippen molar-refractivity contribution < 1.29 is 19.1 Å². The first-order valence-corrected chi connectivity index (χ1v) is 9.09. The molecule has 3 heterocycles. The summed E-state index contributed by atoms with van der Waals surface area (Å²) in [6, 6.07) is 11.4. The normalized spacial score (nSPS) is 16.9. The van der Waals surface area contributed by atoms with Gasteiger partial charge in [0.25, 0.3) is 11.8 Å². The summed E-state index contributed by atoms with van der Waals surface area (Å²) in [6.07, 6.45) is 3.30. The van der Waals surface area contributed by atoms with Gasteiger partial charge in [-0.25, -0.2) is 4.98 Å². The highest BCUT2D eigenvalue weighted by Gasteiger charge is 2.26. The number of aromatic nitrogens is 1. The maximum atomic E-state index is 12.8. The number of para-hydroxylation sites is 1. The van der Waals surface area contributed by atoms with Crippen molar-refractivity contribution in [3.63, 3.8) is 0 Å². The fourth-order valence-electron chi connectivity index (χ4n) is 3.31. The molecule has 2 aliphatic rings. The minimum atomic E-state index is -0.242. The first-order chi connectivity index (χ1) is 13.2. The van der Waals surface area contributed by atoms with Crippen molar-refractivity contribution in [1.82, 2.24) is 9.88 Å². The Balaban J connectivity index is 1.32. The van der Waals surface area contributed by atoms with Crippen LogP contribution in [0, 0.1) is 5.92 Å². The van der Waals surface area contributed by atoms with Crippen molar-refractivity contribution in [2.24, 2.45) is 5.92 Å². The molecule has 1 aromatic heterocycles. The van der Waals surface area contributed by atoms with Crippen LogP contribution in [0.25, 0.3) is 0 Å². The molecule has 1 fully saturated rings. The molecular weight excluding hydrogens is 346 g/mol. The minimum Gasteiger partial charge on any atom is -0.493 e. The number of ether oxygens (including phenoxy) is 2. The van der Waals surface area contributed by atoms with E-state index in [1.54, 1.807) is 6.07 Å². The van der Waals surface area contributed by atoms with Crippen LogP contribution < -0.4 is 14.8 Å². The molecule has 2 aromatic rings. The van der Waals surface area contributed by atoms with Crippen molar-refractivity contribution >= 4 is 17.5 Å². The number of nitrogens with zero attached hydrogens (tertiary/aromatic N) is 2. The molecular formula is C20H21N3O4. The van der Waals surface area contributed by atoms with Crippen LogP contribution >= 0.6 is 0 Å². The van der Waals surface area contributed by atoms with Crippen molar-refractivity contribution in [3.05, 3.63) is 48.2 Å². The Morgan fingerprint density at radius 1 is 1.26 bits per heavy atom. The summed E-state index contributed by atoms with van der Waals surface area (Å²) in [6.45, 7) is 1.98. The molecule has 4 rings (SSSR count). The van der Waals surface area contributed by atoms with E-state index < -0.39 is 0 Å². The number of likely N-dealkylation sites (tertiary alicyclic amines) is 1. The van der Waals surface area contributed by atoms with E-state index in [2.05, 4.69) is 10.3 Å². The largest absolute Gasteiger partial charge is 0.493 e. The van der Waals surface area contributed by atoms with Gasteiger partial charge in [0, 0.05) is 19.3 Å². The monoisotopic (exact) mass is 367 g/mol. The van der Waals surface area contributed by atoms with Crippen molar-refractivity contribution in [1.29, 1.82) is 0 Å². The van der Waals surface area contributed by atoms with E-state index in [1.807, 2.05) is 35.2 Å². The highest BCUT2D eigenvalue weighted by Crippen LogP contribution is 2.27. The second-order valence-electron chi connectivity index (χ2n) is 6.77. The van der Waals surface area contributed by atoms with Crippen molar-refractivity contribution in [3.8, 4) is 11.6 Å². The molecule has 0 bridgehead atoms. The number of anilines is 1. The first-order valence-electron chi connectivity index (χ1n) is 9.09. The molecule has 140 valence electrons. The zero-order valence-corrected chi connectivity index (χ0v) is 14.9. The van der Waals surface area contributed by atoms with Crippen LogP contribution in [0.1, 0.15) is 23.2 Å². The number of carbonyl (C=O) groups is 2. The van der Waals surface area contributed by atoms with Crippen LogP contribution in [0.5, 0.6) is 11.6 Å². The SMILES string of the molecule is O=C1COc2ncc(C(=O)N3CCC(COc4ccccc4)CC3)cc2N1.